The highest BCUT2D eigenvalue weighted by Crippen LogP contribution is 2.21. The van der Waals surface area contributed by atoms with Gasteiger partial charge in [0.25, 0.3) is 0 Å². The third-order valence-electron chi connectivity index (χ3n) is 5.19. The first-order valence-corrected chi connectivity index (χ1v) is 11.2. The standard InChI is InChI=1S/C19H27N3O3S/c1-15(20-21-19(23)17-10-13-26(24,25)14-17)16-6-8-18(9-7-16)22-11-4-2-3-5-12-22/h6-9,17H,2-5,10-14H2,1H3,(H,21,23)/b20-15-/t17-/m0/s1. The van der Waals surface area contributed by atoms with Gasteiger partial charge < -0.3 is 4.90 Å². The number of hydrogen-bond acceptors (Lipinski definition) is 5. The van der Waals surface area contributed by atoms with Crippen LogP contribution in [0.5, 0.6) is 0 Å². The highest BCUT2D eigenvalue weighted by Gasteiger charge is 2.32. The van der Waals surface area contributed by atoms with Gasteiger partial charge in [-0.2, -0.15) is 5.10 Å². The fourth-order valence-electron chi connectivity index (χ4n) is 3.54. The summed E-state index contributed by atoms with van der Waals surface area (Å²) in [7, 11) is -3.06. The molecule has 2 aliphatic rings. The van der Waals surface area contributed by atoms with Crippen molar-refractivity contribution in [2.75, 3.05) is 29.5 Å². The molecular weight excluding hydrogens is 350 g/mol. The zero-order chi connectivity index (χ0) is 18.6. The van der Waals surface area contributed by atoms with Gasteiger partial charge in [-0.15, -0.1) is 0 Å². The van der Waals surface area contributed by atoms with Gasteiger partial charge >= 0.3 is 0 Å². The summed E-state index contributed by atoms with van der Waals surface area (Å²) in [6.45, 7) is 4.05. The first kappa shape index (κ1) is 18.9. The molecule has 1 amide bonds. The maximum absolute atomic E-state index is 12.1. The lowest BCUT2D eigenvalue weighted by Crippen LogP contribution is -2.28. The number of nitrogens with zero attached hydrogens (tertiary/aromatic N) is 2. The van der Waals surface area contributed by atoms with Crippen LogP contribution < -0.4 is 10.3 Å². The molecule has 1 atom stereocenters. The van der Waals surface area contributed by atoms with Crippen LogP contribution in [0.15, 0.2) is 29.4 Å². The number of sulfone groups is 1. The Balaban J connectivity index is 1.59. The van der Waals surface area contributed by atoms with E-state index < -0.39 is 15.8 Å². The van der Waals surface area contributed by atoms with Crippen LogP contribution in [0.2, 0.25) is 0 Å². The van der Waals surface area contributed by atoms with Crippen molar-refractivity contribution in [2.24, 2.45) is 11.0 Å². The number of benzene rings is 1. The van der Waals surface area contributed by atoms with Crippen molar-refractivity contribution in [3.8, 4) is 0 Å². The lowest BCUT2D eigenvalue weighted by Gasteiger charge is -2.22. The van der Waals surface area contributed by atoms with E-state index in [0.29, 0.717) is 12.1 Å². The Morgan fingerprint density at radius 3 is 2.35 bits per heavy atom. The van der Waals surface area contributed by atoms with Crippen LogP contribution in [0.4, 0.5) is 5.69 Å². The molecule has 0 unspecified atom stereocenters. The molecule has 142 valence electrons. The molecule has 0 spiro atoms. The summed E-state index contributed by atoms with van der Waals surface area (Å²) in [6.07, 6.45) is 5.48. The number of anilines is 1. The van der Waals surface area contributed by atoms with Crippen molar-refractivity contribution >= 4 is 27.1 Å². The predicted octanol–water partition coefficient (Wildman–Crippen LogP) is 2.34. The fourth-order valence-corrected chi connectivity index (χ4v) is 5.28. The summed E-state index contributed by atoms with van der Waals surface area (Å²) >= 11 is 0. The molecule has 0 bridgehead atoms. The van der Waals surface area contributed by atoms with Crippen molar-refractivity contribution in [2.45, 2.75) is 39.0 Å². The highest BCUT2D eigenvalue weighted by atomic mass is 32.2. The Bertz CT molecular complexity index is 764. The van der Waals surface area contributed by atoms with E-state index in [-0.39, 0.29) is 17.4 Å². The molecule has 0 aliphatic carbocycles. The van der Waals surface area contributed by atoms with Gasteiger partial charge in [0.15, 0.2) is 9.84 Å². The number of carbonyl (C=O) groups is 1. The molecule has 1 N–H and O–H groups in total. The molecule has 0 radical (unpaired) electrons. The molecule has 2 fully saturated rings. The normalized spacial score (nSPS) is 23.5. The number of hydrogen-bond donors (Lipinski definition) is 1. The molecule has 1 aromatic carbocycles. The molecule has 0 saturated carbocycles. The Labute approximate surface area is 155 Å². The summed E-state index contributed by atoms with van der Waals surface area (Å²) in [5.41, 5.74) is 5.40. The van der Waals surface area contributed by atoms with Gasteiger partial charge in [0, 0.05) is 18.8 Å². The second-order valence-electron chi connectivity index (χ2n) is 7.22. The number of amides is 1. The number of rotatable bonds is 4. The Morgan fingerprint density at radius 1 is 1.12 bits per heavy atom. The van der Waals surface area contributed by atoms with Crippen LogP contribution in [-0.2, 0) is 14.6 Å². The van der Waals surface area contributed by atoms with E-state index in [4.69, 9.17) is 0 Å². The molecule has 2 saturated heterocycles. The van der Waals surface area contributed by atoms with Crippen molar-refractivity contribution in [1.29, 1.82) is 0 Å². The van der Waals surface area contributed by atoms with Gasteiger partial charge in [-0.25, -0.2) is 13.8 Å². The van der Waals surface area contributed by atoms with E-state index in [1.165, 1.54) is 31.4 Å². The lowest BCUT2D eigenvalue weighted by atomic mass is 10.1. The summed E-state index contributed by atoms with van der Waals surface area (Å²) in [5.74, 6) is -0.780. The quantitative estimate of drug-likeness (QED) is 0.645. The molecule has 6 nitrogen and oxygen atoms in total. The smallest absolute Gasteiger partial charge is 0.244 e. The molecular formula is C19H27N3O3S. The van der Waals surface area contributed by atoms with E-state index in [2.05, 4.69) is 27.6 Å². The van der Waals surface area contributed by atoms with Crippen molar-refractivity contribution in [3.63, 3.8) is 0 Å². The first-order chi connectivity index (χ1) is 12.4. The largest absolute Gasteiger partial charge is 0.372 e. The topological polar surface area (TPSA) is 78.8 Å². The van der Waals surface area contributed by atoms with Crippen LogP contribution in [-0.4, -0.2) is 44.6 Å². The summed E-state index contributed by atoms with van der Waals surface area (Å²) in [6, 6.07) is 8.24. The number of carbonyl (C=O) groups excluding carboxylic acids is 1. The van der Waals surface area contributed by atoms with E-state index in [1.54, 1.807) is 0 Å². The van der Waals surface area contributed by atoms with Crippen molar-refractivity contribution in [3.05, 3.63) is 29.8 Å². The Kier molecular flexibility index (Phi) is 5.96. The molecule has 1 aromatic rings. The third kappa shape index (κ3) is 4.84. The molecule has 26 heavy (non-hydrogen) atoms. The molecule has 2 heterocycles. The van der Waals surface area contributed by atoms with Crippen LogP contribution in [0.3, 0.4) is 0 Å². The monoisotopic (exact) mass is 377 g/mol. The van der Waals surface area contributed by atoms with Gasteiger partial charge in [-0.3, -0.25) is 4.79 Å². The molecule has 3 rings (SSSR count). The Morgan fingerprint density at radius 2 is 1.77 bits per heavy atom. The van der Waals surface area contributed by atoms with Crippen LogP contribution in [0, 0.1) is 5.92 Å². The molecule has 2 aliphatic heterocycles. The fraction of sp³-hybridized carbons (Fsp3) is 0.579. The Hall–Kier alpha value is -1.89. The summed E-state index contributed by atoms with van der Waals surface area (Å²) < 4.78 is 22.9. The van der Waals surface area contributed by atoms with Crippen molar-refractivity contribution in [1.82, 2.24) is 5.43 Å². The predicted molar refractivity (Wildman–Crippen MR) is 104 cm³/mol. The van der Waals surface area contributed by atoms with Crippen LogP contribution >= 0.6 is 0 Å². The van der Waals surface area contributed by atoms with E-state index in [0.717, 1.165) is 18.7 Å². The van der Waals surface area contributed by atoms with Crippen LogP contribution in [0.1, 0.15) is 44.6 Å². The highest BCUT2D eigenvalue weighted by molar-refractivity contribution is 7.91. The van der Waals surface area contributed by atoms with E-state index >= 15 is 0 Å². The summed E-state index contributed by atoms with van der Waals surface area (Å²) in [5, 5.41) is 4.15. The second kappa shape index (κ2) is 8.20. The maximum atomic E-state index is 12.1. The van der Waals surface area contributed by atoms with Gasteiger partial charge in [0.05, 0.1) is 23.1 Å². The summed E-state index contributed by atoms with van der Waals surface area (Å²) in [4.78, 5) is 14.5. The number of nitrogens with one attached hydrogen (secondary N) is 1. The van der Waals surface area contributed by atoms with Gasteiger partial charge in [-0.1, -0.05) is 25.0 Å². The number of hydrazone groups is 1. The SMILES string of the molecule is C/C(=N/NC(=O)[C@H]1CCS(=O)(=O)C1)c1ccc(N2CCCCCC2)cc1. The third-order valence-corrected chi connectivity index (χ3v) is 6.96. The zero-order valence-electron chi connectivity index (χ0n) is 15.3. The minimum Gasteiger partial charge on any atom is -0.372 e. The average molecular weight is 378 g/mol. The first-order valence-electron chi connectivity index (χ1n) is 9.34. The van der Waals surface area contributed by atoms with Gasteiger partial charge in [-0.05, 0) is 43.9 Å². The van der Waals surface area contributed by atoms with Gasteiger partial charge in [0.1, 0.15) is 0 Å². The van der Waals surface area contributed by atoms with Gasteiger partial charge in [0.2, 0.25) is 5.91 Å². The van der Waals surface area contributed by atoms with Crippen LogP contribution in [0.25, 0.3) is 0 Å². The second-order valence-corrected chi connectivity index (χ2v) is 9.45. The van der Waals surface area contributed by atoms with E-state index in [1.807, 2.05) is 19.1 Å². The maximum Gasteiger partial charge on any atom is 0.244 e. The molecule has 0 aromatic heterocycles. The minimum atomic E-state index is -3.06. The zero-order valence-corrected chi connectivity index (χ0v) is 16.1. The average Bonchev–Trinajstić information content (AvgIpc) is 2.84. The van der Waals surface area contributed by atoms with Crippen molar-refractivity contribution < 1.29 is 13.2 Å². The minimum absolute atomic E-state index is 0.0715. The van der Waals surface area contributed by atoms with E-state index in [9.17, 15) is 13.2 Å². The lowest BCUT2D eigenvalue weighted by molar-refractivity contribution is -0.124. The molecule has 7 heteroatoms.